The SMILES string of the molecule is Cc1ccc(Oc2ccc(CN3CCCC3c3ccc4c(c3)OCCO4)cc2)cn1. The summed E-state index contributed by atoms with van der Waals surface area (Å²) in [7, 11) is 0. The lowest BCUT2D eigenvalue weighted by molar-refractivity contribution is 0.170. The number of aromatic nitrogens is 1. The first kappa shape index (κ1) is 18.9. The lowest BCUT2D eigenvalue weighted by Gasteiger charge is -2.26. The van der Waals surface area contributed by atoms with Gasteiger partial charge in [-0.1, -0.05) is 18.2 Å². The zero-order valence-electron chi connectivity index (χ0n) is 17.2. The minimum Gasteiger partial charge on any atom is -0.486 e. The van der Waals surface area contributed by atoms with Gasteiger partial charge in [0.1, 0.15) is 24.7 Å². The molecule has 0 spiro atoms. The molecule has 1 atom stereocenters. The summed E-state index contributed by atoms with van der Waals surface area (Å²) < 4.78 is 17.4. The summed E-state index contributed by atoms with van der Waals surface area (Å²) in [5.74, 6) is 3.31. The van der Waals surface area contributed by atoms with Crippen molar-refractivity contribution in [1.82, 2.24) is 9.88 Å². The molecule has 5 heteroatoms. The van der Waals surface area contributed by atoms with Crippen LogP contribution in [0.25, 0.3) is 0 Å². The summed E-state index contributed by atoms with van der Waals surface area (Å²) in [5, 5.41) is 0. The van der Waals surface area contributed by atoms with Gasteiger partial charge >= 0.3 is 0 Å². The van der Waals surface area contributed by atoms with Crippen molar-refractivity contribution in [2.45, 2.75) is 32.4 Å². The van der Waals surface area contributed by atoms with Crippen molar-refractivity contribution in [2.75, 3.05) is 19.8 Å². The Labute approximate surface area is 177 Å². The van der Waals surface area contributed by atoms with Crippen LogP contribution in [0.1, 0.15) is 35.7 Å². The minimum absolute atomic E-state index is 0.412. The van der Waals surface area contributed by atoms with Crippen molar-refractivity contribution in [3.05, 3.63) is 77.6 Å². The molecule has 0 bridgehead atoms. The fourth-order valence-corrected chi connectivity index (χ4v) is 4.21. The Balaban J connectivity index is 1.26. The molecule has 5 nitrogen and oxygen atoms in total. The number of nitrogens with zero attached hydrogens (tertiary/aromatic N) is 2. The third kappa shape index (κ3) is 4.12. The van der Waals surface area contributed by atoms with Gasteiger partial charge in [-0.3, -0.25) is 9.88 Å². The summed E-state index contributed by atoms with van der Waals surface area (Å²) in [4.78, 5) is 6.82. The molecule has 5 rings (SSSR count). The van der Waals surface area contributed by atoms with Crippen LogP contribution in [0.4, 0.5) is 0 Å². The Morgan fingerprint density at radius 2 is 1.77 bits per heavy atom. The van der Waals surface area contributed by atoms with Crippen LogP contribution in [0.15, 0.2) is 60.8 Å². The highest BCUT2D eigenvalue weighted by atomic mass is 16.6. The van der Waals surface area contributed by atoms with Crippen molar-refractivity contribution in [3.8, 4) is 23.0 Å². The number of likely N-dealkylation sites (tertiary alicyclic amines) is 1. The summed E-state index contributed by atoms with van der Waals surface area (Å²) in [6.45, 7) is 5.24. The van der Waals surface area contributed by atoms with E-state index in [0.717, 1.165) is 41.8 Å². The first-order valence-corrected chi connectivity index (χ1v) is 10.6. The van der Waals surface area contributed by atoms with Crippen LogP contribution in [-0.4, -0.2) is 29.6 Å². The highest BCUT2D eigenvalue weighted by molar-refractivity contribution is 5.45. The smallest absolute Gasteiger partial charge is 0.161 e. The molecular formula is C25H26N2O3. The summed E-state index contributed by atoms with van der Waals surface area (Å²) in [6, 6.07) is 19.1. The van der Waals surface area contributed by atoms with E-state index < -0.39 is 0 Å². The van der Waals surface area contributed by atoms with Crippen LogP contribution in [0.5, 0.6) is 23.0 Å². The van der Waals surface area contributed by atoms with E-state index >= 15 is 0 Å². The van der Waals surface area contributed by atoms with E-state index in [4.69, 9.17) is 14.2 Å². The molecule has 0 aliphatic carbocycles. The number of hydrogen-bond acceptors (Lipinski definition) is 5. The lowest BCUT2D eigenvalue weighted by atomic mass is 10.0. The minimum atomic E-state index is 0.412. The molecule has 0 radical (unpaired) electrons. The van der Waals surface area contributed by atoms with Crippen molar-refractivity contribution >= 4 is 0 Å². The molecule has 1 aromatic heterocycles. The largest absolute Gasteiger partial charge is 0.486 e. The maximum absolute atomic E-state index is 5.90. The van der Waals surface area contributed by atoms with Gasteiger partial charge in [-0.15, -0.1) is 0 Å². The van der Waals surface area contributed by atoms with Crippen molar-refractivity contribution in [1.29, 1.82) is 0 Å². The molecule has 2 aliphatic heterocycles. The van der Waals surface area contributed by atoms with Crippen LogP contribution in [0, 0.1) is 6.92 Å². The molecule has 2 aliphatic rings. The maximum Gasteiger partial charge on any atom is 0.161 e. The van der Waals surface area contributed by atoms with E-state index in [1.54, 1.807) is 6.20 Å². The second-order valence-corrected chi connectivity index (χ2v) is 7.91. The molecule has 1 fully saturated rings. The Morgan fingerprint density at radius 1 is 0.967 bits per heavy atom. The predicted octanol–water partition coefficient (Wildman–Crippen LogP) is 5.29. The van der Waals surface area contributed by atoms with E-state index in [2.05, 4.69) is 34.1 Å². The molecular weight excluding hydrogens is 376 g/mol. The number of fused-ring (bicyclic) bond motifs is 1. The first-order chi connectivity index (χ1) is 14.7. The molecule has 3 aromatic rings. The highest BCUT2D eigenvalue weighted by Gasteiger charge is 2.27. The van der Waals surface area contributed by atoms with Crippen LogP contribution in [0.3, 0.4) is 0 Å². The topological polar surface area (TPSA) is 43.8 Å². The number of pyridine rings is 1. The van der Waals surface area contributed by atoms with Gasteiger partial charge in [0.25, 0.3) is 0 Å². The molecule has 1 unspecified atom stereocenters. The monoisotopic (exact) mass is 402 g/mol. The Bertz CT molecular complexity index is 1000. The van der Waals surface area contributed by atoms with Gasteiger partial charge in [0.2, 0.25) is 0 Å². The zero-order chi connectivity index (χ0) is 20.3. The van der Waals surface area contributed by atoms with Gasteiger partial charge in [-0.2, -0.15) is 0 Å². The molecule has 3 heterocycles. The van der Waals surface area contributed by atoms with Gasteiger partial charge in [-0.25, -0.2) is 0 Å². The summed E-state index contributed by atoms with van der Waals surface area (Å²) >= 11 is 0. The third-order valence-corrected chi connectivity index (χ3v) is 5.74. The standard InChI is InChI=1S/C25H26N2O3/c1-18-4-8-22(16-26-18)30-21-9-5-19(6-10-21)17-27-12-2-3-23(27)20-7-11-24-25(15-20)29-14-13-28-24/h4-11,15-16,23H,2-3,12-14,17H2,1H3. The van der Waals surface area contributed by atoms with Gasteiger partial charge in [0.15, 0.2) is 11.5 Å². The molecule has 0 amide bonds. The molecule has 0 saturated carbocycles. The van der Waals surface area contributed by atoms with Crippen molar-refractivity contribution in [2.24, 2.45) is 0 Å². The number of aryl methyl sites for hydroxylation is 1. The fourth-order valence-electron chi connectivity index (χ4n) is 4.21. The van der Waals surface area contributed by atoms with Crippen LogP contribution < -0.4 is 14.2 Å². The second kappa shape index (κ2) is 8.36. The summed E-state index contributed by atoms with van der Waals surface area (Å²) in [6.07, 6.45) is 4.13. The van der Waals surface area contributed by atoms with Crippen LogP contribution in [0.2, 0.25) is 0 Å². The van der Waals surface area contributed by atoms with Gasteiger partial charge in [0.05, 0.1) is 6.20 Å². The van der Waals surface area contributed by atoms with Crippen molar-refractivity contribution < 1.29 is 14.2 Å². The molecule has 1 saturated heterocycles. The van der Waals surface area contributed by atoms with E-state index in [-0.39, 0.29) is 0 Å². The third-order valence-electron chi connectivity index (χ3n) is 5.74. The first-order valence-electron chi connectivity index (χ1n) is 10.6. The quantitative estimate of drug-likeness (QED) is 0.580. The van der Waals surface area contributed by atoms with E-state index in [1.165, 1.54) is 24.0 Å². The van der Waals surface area contributed by atoms with Gasteiger partial charge < -0.3 is 14.2 Å². The van der Waals surface area contributed by atoms with E-state index in [1.807, 2.05) is 37.3 Å². The summed E-state index contributed by atoms with van der Waals surface area (Å²) in [5.41, 5.74) is 3.58. The maximum atomic E-state index is 5.90. The van der Waals surface area contributed by atoms with Gasteiger partial charge in [-0.05, 0) is 73.8 Å². The van der Waals surface area contributed by atoms with Crippen molar-refractivity contribution in [3.63, 3.8) is 0 Å². The number of ether oxygens (including phenoxy) is 3. The molecule has 30 heavy (non-hydrogen) atoms. The highest BCUT2D eigenvalue weighted by Crippen LogP contribution is 2.38. The normalized spacial score (nSPS) is 18.4. The number of benzene rings is 2. The average Bonchev–Trinajstić information content (AvgIpc) is 3.24. The van der Waals surface area contributed by atoms with E-state index in [9.17, 15) is 0 Å². The van der Waals surface area contributed by atoms with Crippen LogP contribution >= 0.6 is 0 Å². The Hall–Kier alpha value is -3.05. The Kier molecular flexibility index (Phi) is 5.28. The average molecular weight is 402 g/mol. The molecule has 2 aromatic carbocycles. The lowest BCUT2D eigenvalue weighted by Crippen LogP contribution is -2.23. The predicted molar refractivity (Wildman–Crippen MR) is 115 cm³/mol. The fraction of sp³-hybridized carbons (Fsp3) is 0.320. The van der Waals surface area contributed by atoms with Crippen LogP contribution in [-0.2, 0) is 6.54 Å². The number of rotatable bonds is 5. The molecule has 154 valence electrons. The Morgan fingerprint density at radius 3 is 2.57 bits per heavy atom. The zero-order valence-corrected chi connectivity index (χ0v) is 17.2. The van der Waals surface area contributed by atoms with E-state index in [0.29, 0.717) is 19.3 Å². The molecule has 0 N–H and O–H groups in total. The second-order valence-electron chi connectivity index (χ2n) is 7.91. The van der Waals surface area contributed by atoms with Gasteiger partial charge in [0, 0.05) is 18.3 Å². The number of hydrogen-bond donors (Lipinski definition) is 0.